The van der Waals surface area contributed by atoms with E-state index >= 15 is 0 Å². The molecule has 102 valence electrons. The molecular weight excluding hydrogens is 244 g/mol. The van der Waals surface area contributed by atoms with Crippen molar-refractivity contribution in [2.24, 2.45) is 0 Å². The van der Waals surface area contributed by atoms with E-state index in [9.17, 15) is 9.59 Å². The molecule has 0 unspecified atom stereocenters. The van der Waals surface area contributed by atoms with Gasteiger partial charge in [-0.1, -0.05) is 6.07 Å². The zero-order valence-electron chi connectivity index (χ0n) is 10.9. The standard InChI is InChI=1S/C14H18N2O3/c17-13-4-8-16(9-5-13)14(18)11-19-10-6-12-3-1-2-7-15-12/h1-3,7H,4-6,8-11H2. The summed E-state index contributed by atoms with van der Waals surface area (Å²) in [6.45, 7) is 1.62. The van der Waals surface area contributed by atoms with Crippen LogP contribution in [0, 0.1) is 0 Å². The van der Waals surface area contributed by atoms with E-state index in [1.54, 1.807) is 11.1 Å². The molecule has 0 N–H and O–H groups in total. The van der Waals surface area contributed by atoms with Crippen LogP contribution in [-0.4, -0.2) is 47.9 Å². The van der Waals surface area contributed by atoms with Crippen molar-refractivity contribution in [1.82, 2.24) is 9.88 Å². The number of Topliss-reactive ketones (excluding diaryl/α,β-unsaturated/α-hetero) is 1. The van der Waals surface area contributed by atoms with Crippen molar-refractivity contribution in [2.45, 2.75) is 19.3 Å². The molecule has 0 bridgehead atoms. The Balaban J connectivity index is 1.63. The normalized spacial score (nSPS) is 15.6. The Morgan fingerprint density at radius 1 is 1.32 bits per heavy atom. The summed E-state index contributed by atoms with van der Waals surface area (Å²) in [5.74, 6) is 0.202. The van der Waals surface area contributed by atoms with Crippen LogP contribution in [0.4, 0.5) is 0 Å². The maximum absolute atomic E-state index is 11.8. The van der Waals surface area contributed by atoms with E-state index in [0.29, 0.717) is 39.0 Å². The van der Waals surface area contributed by atoms with Crippen molar-refractivity contribution in [3.8, 4) is 0 Å². The molecule has 1 aromatic heterocycles. The van der Waals surface area contributed by atoms with Gasteiger partial charge in [-0.2, -0.15) is 0 Å². The van der Waals surface area contributed by atoms with E-state index in [-0.39, 0.29) is 18.3 Å². The molecule has 5 nitrogen and oxygen atoms in total. The highest BCUT2D eigenvalue weighted by Crippen LogP contribution is 2.06. The molecule has 1 aromatic rings. The molecule has 0 saturated carbocycles. The summed E-state index contributed by atoms with van der Waals surface area (Å²) in [6.07, 6.45) is 3.39. The first-order chi connectivity index (χ1) is 9.25. The quantitative estimate of drug-likeness (QED) is 0.738. The van der Waals surface area contributed by atoms with Crippen LogP contribution in [0.15, 0.2) is 24.4 Å². The molecule has 0 aromatic carbocycles. The van der Waals surface area contributed by atoms with E-state index in [2.05, 4.69) is 4.98 Å². The molecule has 1 amide bonds. The van der Waals surface area contributed by atoms with Crippen molar-refractivity contribution >= 4 is 11.7 Å². The lowest BCUT2D eigenvalue weighted by atomic mass is 10.1. The van der Waals surface area contributed by atoms with Crippen molar-refractivity contribution in [2.75, 3.05) is 26.3 Å². The Kier molecular flexibility index (Phi) is 5.03. The van der Waals surface area contributed by atoms with E-state index in [0.717, 1.165) is 5.69 Å². The second-order valence-electron chi connectivity index (χ2n) is 4.54. The van der Waals surface area contributed by atoms with Crippen molar-refractivity contribution in [3.63, 3.8) is 0 Å². The first-order valence-corrected chi connectivity index (χ1v) is 6.53. The van der Waals surface area contributed by atoms with Gasteiger partial charge >= 0.3 is 0 Å². The molecular formula is C14H18N2O3. The predicted molar refractivity (Wildman–Crippen MR) is 69.6 cm³/mol. The van der Waals surface area contributed by atoms with Crippen LogP contribution in [0.1, 0.15) is 18.5 Å². The number of aromatic nitrogens is 1. The van der Waals surface area contributed by atoms with Gasteiger partial charge in [0.15, 0.2) is 0 Å². The van der Waals surface area contributed by atoms with Gasteiger partial charge in [0.2, 0.25) is 5.91 Å². The second kappa shape index (κ2) is 6.99. The van der Waals surface area contributed by atoms with Gasteiger partial charge in [0, 0.05) is 44.2 Å². The number of ketones is 1. The summed E-state index contributed by atoms with van der Waals surface area (Å²) < 4.78 is 5.36. The summed E-state index contributed by atoms with van der Waals surface area (Å²) in [4.78, 5) is 28.7. The number of ether oxygens (including phenoxy) is 1. The van der Waals surface area contributed by atoms with Gasteiger partial charge in [-0.05, 0) is 12.1 Å². The lowest BCUT2D eigenvalue weighted by Gasteiger charge is -2.25. The molecule has 0 atom stereocenters. The molecule has 2 heterocycles. The smallest absolute Gasteiger partial charge is 0.248 e. The highest BCUT2D eigenvalue weighted by atomic mass is 16.5. The number of carbonyl (C=O) groups excluding carboxylic acids is 2. The monoisotopic (exact) mass is 262 g/mol. The van der Waals surface area contributed by atoms with Crippen molar-refractivity contribution in [1.29, 1.82) is 0 Å². The molecule has 2 rings (SSSR count). The van der Waals surface area contributed by atoms with Crippen LogP contribution >= 0.6 is 0 Å². The molecule has 1 saturated heterocycles. The van der Waals surface area contributed by atoms with Crippen molar-refractivity contribution in [3.05, 3.63) is 30.1 Å². The second-order valence-corrected chi connectivity index (χ2v) is 4.54. The molecule has 1 aliphatic heterocycles. The number of piperidine rings is 1. The Bertz CT molecular complexity index is 424. The number of carbonyl (C=O) groups is 2. The summed E-state index contributed by atoms with van der Waals surface area (Å²) >= 11 is 0. The average Bonchev–Trinajstić information content (AvgIpc) is 2.45. The Morgan fingerprint density at radius 2 is 2.11 bits per heavy atom. The van der Waals surface area contributed by atoms with E-state index < -0.39 is 0 Å². The third kappa shape index (κ3) is 4.44. The Labute approximate surface area is 112 Å². The molecule has 0 radical (unpaired) electrons. The number of likely N-dealkylation sites (tertiary alicyclic amines) is 1. The van der Waals surface area contributed by atoms with Gasteiger partial charge in [-0.3, -0.25) is 14.6 Å². The van der Waals surface area contributed by atoms with E-state index in [1.165, 1.54) is 0 Å². The zero-order chi connectivity index (χ0) is 13.5. The highest BCUT2D eigenvalue weighted by Gasteiger charge is 2.20. The largest absolute Gasteiger partial charge is 0.371 e. The SMILES string of the molecule is O=C1CCN(C(=O)COCCc2ccccn2)CC1. The zero-order valence-corrected chi connectivity index (χ0v) is 10.9. The fraction of sp³-hybridized carbons (Fsp3) is 0.500. The van der Waals surface area contributed by atoms with Gasteiger partial charge in [0.1, 0.15) is 12.4 Å². The topological polar surface area (TPSA) is 59.5 Å². The number of hydrogen-bond acceptors (Lipinski definition) is 4. The molecule has 1 aliphatic rings. The lowest BCUT2D eigenvalue weighted by molar-refractivity contribution is -0.138. The lowest BCUT2D eigenvalue weighted by Crippen LogP contribution is -2.40. The van der Waals surface area contributed by atoms with Gasteiger partial charge in [-0.15, -0.1) is 0 Å². The van der Waals surface area contributed by atoms with Crippen LogP contribution in [0.2, 0.25) is 0 Å². The third-order valence-corrected chi connectivity index (χ3v) is 3.13. The Morgan fingerprint density at radius 3 is 2.79 bits per heavy atom. The summed E-state index contributed by atoms with van der Waals surface area (Å²) in [5.41, 5.74) is 0.957. The van der Waals surface area contributed by atoms with Gasteiger partial charge in [0.05, 0.1) is 6.61 Å². The van der Waals surface area contributed by atoms with Crippen LogP contribution in [0.3, 0.4) is 0 Å². The van der Waals surface area contributed by atoms with E-state index in [1.807, 2.05) is 18.2 Å². The summed E-state index contributed by atoms with van der Waals surface area (Å²) in [6, 6.07) is 5.73. The fourth-order valence-corrected chi connectivity index (χ4v) is 1.98. The molecule has 0 spiro atoms. The first-order valence-electron chi connectivity index (χ1n) is 6.53. The maximum atomic E-state index is 11.8. The van der Waals surface area contributed by atoms with Crippen molar-refractivity contribution < 1.29 is 14.3 Å². The predicted octanol–water partition coefficient (Wildman–Crippen LogP) is 0.832. The van der Waals surface area contributed by atoms with E-state index in [4.69, 9.17) is 4.74 Å². The minimum atomic E-state index is -0.0338. The van der Waals surface area contributed by atoms with Crippen LogP contribution in [-0.2, 0) is 20.7 Å². The summed E-state index contributed by atoms with van der Waals surface area (Å²) in [5, 5.41) is 0. The van der Waals surface area contributed by atoms with Gasteiger partial charge < -0.3 is 9.64 Å². The number of amides is 1. The van der Waals surface area contributed by atoms with Crippen LogP contribution in [0.5, 0.6) is 0 Å². The number of pyridine rings is 1. The fourth-order valence-electron chi connectivity index (χ4n) is 1.98. The number of nitrogens with zero attached hydrogens (tertiary/aromatic N) is 2. The molecule has 1 fully saturated rings. The van der Waals surface area contributed by atoms with Crippen LogP contribution in [0.25, 0.3) is 0 Å². The van der Waals surface area contributed by atoms with Crippen LogP contribution < -0.4 is 0 Å². The maximum Gasteiger partial charge on any atom is 0.248 e. The highest BCUT2D eigenvalue weighted by molar-refractivity contribution is 5.83. The minimum Gasteiger partial charge on any atom is -0.371 e. The number of hydrogen-bond donors (Lipinski definition) is 0. The molecule has 0 aliphatic carbocycles. The van der Waals surface area contributed by atoms with Gasteiger partial charge in [0.25, 0.3) is 0 Å². The Hall–Kier alpha value is -1.75. The van der Waals surface area contributed by atoms with Gasteiger partial charge in [-0.25, -0.2) is 0 Å². The average molecular weight is 262 g/mol. The summed E-state index contributed by atoms with van der Waals surface area (Å²) in [7, 11) is 0. The minimum absolute atomic E-state index is 0.0338. The molecule has 19 heavy (non-hydrogen) atoms. The third-order valence-electron chi connectivity index (χ3n) is 3.13. The first kappa shape index (κ1) is 13.7. The molecule has 5 heteroatoms. The number of rotatable bonds is 5.